The van der Waals surface area contributed by atoms with Crippen LogP contribution in [-0.4, -0.2) is 19.0 Å². The maximum Gasteiger partial charge on any atom is 0.338 e. The van der Waals surface area contributed by atoms with E-state index in [1.807, 2.05) is 0 Å². The minimum Gasteiger partial charge on any atom is -0.387 e. The van der Waals surface area contributed by atoms with E-state index in [1.54, 1.807) is 31.3 Å². The van der Waals surface area contributed by atoms with Gasteiger partial charge in [0.1, 0.15) is 11.6 Å². The molecule has 0 aromatic heterocycles. The summed E-state index contributed by atoms with van der Waals surface area (Å²) in [4.78, 5) is 23.6. The summed E-state index contributed by atoms with van der Waals surface area (Å²) in [6.45, 7) is 0. The molecule has 3 amide bonds. The zero-order valence-electron chi connectivity index (χ0n) is 12.1. The van der Waals surface area contributed by atoms with Gasteiger partial charge in [-0.1, -0.05) is 12.1 Å². The number of benzene rings is 2. The molecule has 0 spiro atoms. The molecule has 0 unspecified atom stereocenters. The molecule has 23 heavy (non-hydrogen) atoms. The van der Waals surface area contributed by atoms with E-state index in [9.17, 15) is 18.4 Å². The molecule has 6 nitrogen and oxygen atoms in total. The fourth-order valence-corrected chi connectivity index (χ4v) is 1.82. The van der Waals surface area contributed by atoms with Crippen LogP contribution in [0, 0.1) is 11.6 Å². The largest absolute Gasteiger partial charge is 0.387 e. The number of halogens is 2. The highest BCUT2D eigenvalue weighted by molar-refractivity contribution is 6.01. The van der Waals surface area contributed by atoms with Crippen LogP contribution in [0.5, 0.6) is 0 Å². The van der Waals surface area contributed by atoms with Crippen LogP contribution >= 0.6 is 0 Å². The zero-order valence-corrected chi connectivity index (χ0v) is 12.1. The first-order chi connectivity index (χ1) is 11.0. The molecule has 0 atom stereocenters. The van der Waals surface area contributed by atoms with Crippen molar-refractivity contribution >= 4 is 23.3 Å². The van der Waals surface area contributed by atoms with E-state index < -0.39 is 23.6 Å². The third kappa shape index (κ3) is 4.16. The van der Waals surface area contributed by atoms with Crippen LogP contribution in [0.2, 0.25) is 0 Å². The molecule has 4 N–H and O–H groups in total. The van der Waals surface area contributed by atoms with Gasteiger partial charge in [0.2, 0.25) is 0 Å². The van der Waals surface area contributed by atoms with Gasteiger partial charge in [0, 0.05) is 18.8 Å². The molecule has 0 aliphatic rings. The fraction of sp³-hybridized carbons (Fsp3) is 0.0667. The number of nitrogens with one attached hydrogen (secondary N) is 4. The number of carbonyl (C=O) groups excluding carboxylic acids is 2. The van der Waals surface area contributed by atoms with Gasteiger partial charge in [-0.25, -0.2) is 19.0 Å². The quantitative estimate of drug-likeness (QED) is 0.656. The molecular formula is C15H14F2N4O2. The van der Waals surface area contributed by atoms with E-state index in [2.05, 4.69) is 21.5 Å². The minimum atomic E-state index is -0.924. The van der Waals surface area contributed by atoms with E-state index in [0.29, 0.717) is 17.3 Å². The SMILES string of the molecule is CNc1ccccc1C(=O)NNC(=O)Nc1ccc(F)cc1F. The Bertz CT molecular complexity index is 737. The molecule has 0 saturated carbocycles. The summed E-state index contributed by atoms with van der Waals surface area (Å²) in [6, 6.07) is 8.53. The van der Waals surface area contributed by atoms with Gasteiger partial charge in [-0.2, -0.15) is 0 Å². The first-order valence-corrected chi connectivity index (χ1v) is 6.60. The predicted molar refractivity (Wildman–Crippen MR) is 82.0 cm³/mol. The Hall–Kier alpha value is -3.16. The summed E-state index contributed by atoms with van der Waals surface area (Å²) < 4.78 is 26.2. The minimum absolute atomic E-state index is 0.214. The smallest absolute Gasteiger partial charge is 0.338 e. The maximum atomic E-state index is 13.4. The molecule has 0 aliphatic carbocycles. The number of para-hydroxylation sites is 1. The average molecular weight is 320 g/mol. The van der Waals surface area contributed by atoms with Gasteiger partial charge in [0.25, 0.3) is 5.91 Å². The van der Waals surface area contributed by atoms with E-state index >= 15 is 0 Å². The lowest BCUT2D eigenvalue weighted by Crippen LogP contribution is -2.44. The van der Waals surface area contributed by atoms with E-state index in [4.69, 9.17) is 0 Å². The molecule has 0 radical (unpaired) electrons. The molecule has 0 saturated heterocycles. The predicted octanol–water partition coefficient (Wildman–Crippen LogP) is 2.47. The molecule has 0 fully saturated rings. The highest BCUT2D eigenvalue weighted by Crippen LogP contribution is 2.15. The Balaban J connectivity index is 1.95. The van der Waals surface area contributed by atoms with Crippen molar-refractivity contribution in [1.82, 2.24) is 10.9 Å². The summed E-state index contributed by atoms with van der Waals surface area (Å²) >= 11 is 0. The second kappa shape index (κ2) is 7.21. The molecule has 0 aliphatic heterocycles. The van der Waals surface area contributed by atoms with Crippen molar-refractivity contribution in [3.05, 3.63) is 59.7 Å². The van der Waals surface area contributed by atoms with Gasteiger partial charge >= 0.3 is 6.03 Å². The Morgan fingerprint density at radius 1 is 0.957 bits per heavy atom. The summed E-state index contributed by atoms with van der Waals surface area (Å²) in [5.41, 5.74) is 4.96. The first-order valence-electron chi connectivity index (χ1n) is 6.60. The number of amides is 3. The molecule has 120 valence electrons. The molecule has 8 heteroatoms. The van der Waals surface area contributed by atoms with Crippen LogP contribution in [0.1, 0.15) is 10.4 Å². The number of hydrogen-bond acceptors (Lipinski definition) is 3. The third-order valence-corrected chi connectivity index (χ3v) is 2.91. The van der Waals surface area contributed by atoms with Crippen molar-refractivity contribution in [2.75, 3.05) is 17.7 Å². The highest BCUT2D eigenvalue weighted by Gasteiger charge is 2.12. The first kappa shape index (κ1) is 16.2. The lowest BCUT2D eigenvalue weighted by molar-refractivity contribution is 0.0938. The molecule has 0 bridgehead atoms. The second-order valence-corrected chi connectivity index (χ2v) is 4.45. The molecular weight excluding hydrogens is 306 g/mol. The third-order valence-electron chi connectivity index (χ3n) is 2.91. The fourth-order valence-electron chi connectivity index (χ4n) is 1.82. The van der Waals surface area contributed by atoms with Crippen molar-refractivity contribution in [2.45, 2.75) is 0 Å². The lowest BCUT2D eigenvalue weighted by atomic mass is 10.1. The Morgan fingerprint density at radius 3 is 2.39 bits per heavy atom. The van der Waals surface area contributed by atoms with Gasteiger partial charge in [-0.3, -0.25) is 10.2 Å². The highest BCUT2D eigenvalue weighted by atomic mass is 19.1. The molecule has 2 rings (SSSR count). The molecule has 2 aromatic rings. The number of urea groups is 1. The number of rotatable bonds is 3. The van der Waals surface area contributed by atoms with Crippen LogP contribution < -0.4 is 21.5 Å². The van der Waals surface area contributed by atoms with Crippen molar-refractivity contribution in [2.24, 2.45) is 0 Å². The standard InChI is InChI=1S/C15H14F2N4O2/c1-18-12-5-3-2-4-10(12)14(22)20-21-15(23)19-13-7-6-9(16)8-11(13)17/h2-8,18H,1H3,(H,20,22)(H2,19,21,23). The van der Waals surface area contributed by atoms with Gasteiger partial charge in [-0.05, 0) is 24.3 Å². The normalized spacial score (nSPS) is 9.87. The maximum absolute atomic E-state index is 13.4. The van der Waals surface area contributed by atoms with Crippen molar-refractivity contribution in [1.29, 1.82) is 0 Å². The Kier molecular flexibility index (Phi) is 5.08. The zero-order chi connectivity index (χ0) is 16.8. The van der Waals surface area contributed by atoms with E-state index in [1.165, 1.54) is 0 Å². The number of hydrogen-bond donors (Lipinski definition) is 4. The van der Waals surface area contributed by atoms with Crippen LogP contribution in [0.4, 0.5) is 25.0 Å². The lowest BCUT2D eigenvalue weighted by Gasteiger charge is -2.11. The van der Waals surface area contributed by atoms with Crippen LogP contribution in [0.25, 0.3) is 0 Å². The number of carbonyl (C=O) groups is 2. The number of hydrazine groups is 1. The van der Waals surface area contributed by atoms with Gasteiger partial charge in [-0.15, -0.1) is 0 Å². The van der Waals surface area contributed by atoms with E-state index in [-0.39, 0.29) is 5.69 Å². The summed E-state index contributed by atoms with van der Waals surface area (Å²) in [5, 5.41) is 4.99. The van der Waals surface area contributed by atoms with Crippen molar-refractivity contribution in [3.8, 4) is 0 Å². The van der Waals surface area contributed by atoms with Gasteiger partial charge in [0.15, 0.2) is 0 Å². The number of anilines is 2. The van der Waals surface area contributed by atoms with Crippen LogP contribution in [-0.2, 0) is 0 Å². The van der Waals surface area contributed by atoms with Gasteiger partial charge < -0.3 is 10.6 Å². The summed E-state index contributed by atoms with van der Waals surface area (Å²) in [7, 11) is 1.66. The Morgan fingerprint density at radius 2 is 1.70 bits per heavy atom. The molecule has 0 heterocycles. The Labute approximate surface area is 130 Å². The van der Waals surface area contributed by atoms with Gasteiger partial charge in [0.05, 0.1) is 11.3 Å². The van der Waals surface area contributed by atoms with Crippen molar-refractivity contribution < 1.29 is 18.4 Å². The molecule has 2 aromatic carbocycles. The second-order valence-electron chi connectivity index (χ2n) is 4.45. The van der Waals surface area contributed by atoms with Crippen LogP contribution in [0.15, 0.2) is 42.5 Å². The summed E-state index contributed by atoms with van der Waals surface area (Å²) in [6.07, 6.45) is 0. The van der Waals surface area contributed by atoms with E-state index in [0.717, 1.165) is 12.1 Å². The monoisotopic (exact) mass is 320 g/mol. The van der Waals surface area contributed by atoms with Crippen molar-refractivity contribution in [3.63, 3.8) is 0 Å². The topological polar surface area (TPSA) is 82.3 Å². The average Bonchev–Trinajstić information content (AvgIpc) is 2.55. The van der Waals surface area contributed by atoms with Crippen LogP contribution in [0.3, 0.4) is 0 Å². The summed E-state index contributed by atoms with van der Waals surface area (Å²) in [5.74, 6) is -2.23.